The van der Waals surface area contributed by atoms with Gasteiger partial charge in [0.2, 0.25) is 0 Å². The van der Waals surface area contributed by atoms with Crippen molar-refractivity contribution in [2.45, 2.75) is 19.8 Å². The Morgan fingerprint density at radius 2 is 2.32 bits per heavy atom. The predicted octanol–water partition coefficient (Wildman–Crippen LogP) is 2.66. The minimum Gasteiger partial charge on any atom is -0.384 e. The number of hydrogen-bond donors (Lipinski definition) is 1. The molecule has 104 valence electrons. The average molecular weight is 263 g/mol. The number of piperidine rings is 1. The van der Waals surface area contributed by atoms with Crippen LogP contribution in [0.25, 0.3) is 0 Å². The van der Waals surface area contributed by atoms with Crippen LogP contribution in [0.2, 0.25) is 0 Å². The van der Waals surface area contributed by atoms with Gasteiger partial charge in [-0.15, -0.1) is 0 Å². The Hall–Kier alpha value is -1.62. The van der Waals surface area contributed by atoms with E-state index in [0.717, 1.165) is 24.3 Å². The monoisotopic (exact) mass is 263 g/mol. The largest absolute Gasteiger partial charge is 0.384 e. The minimum atomic E-state index is -0.354. The van der Waals surface area contributed by atoms with E-state index in [9.17, 15) is 10.1 Å². The molecule has 5 nitrogen and oxygen atoms in total. The third-order valence-electron chi connectivity index (χ3n) is 3.72. The molecule has 1 fully saturated rings. The van der Waals surface area contributed by atoms with Crippen LogP contribution in [0.5, 0.6) is 0 Å². The number of nitro groups is 1. The van der Waals surface area contributed by atoms with Crippen molar-refractivity contribution in [3.05, 3.63) is 33.9 Å². The Morgan fingerprint density at radius 1 is 1.53 bits per heavy atom. The van der Waals surface area contributed by atoms with Crippen molar-refractivity contribution in [2.24, 2.45) is 5.92 Å². The number of nitro benzene ring substituents is 1. The Bertz CT molecular complexity index is 462. The first kappa shape index (κ1) is 13.8. The maximum Gasteiger partial charge on any atom is 0.269 e. The molecule has 1 heterocycles. The quantitative estimate of drug-likeness (QED) is 0.670. The molecule has 5 heteroatoms. The summed E-state index contributed by atoms with van der Waals surface area (Å²) >= 11 is 0. The van der Waals surface area contributed by atoms with Crippen LogP contribution in [0, 0.1) is 23.0 Å². The first-order valence-electron chi connectivity index (χ1n) is 6.73. The molecule has 1 aliphatic rings. The van der Waals surface area contributed by atoms with Crippen molar-refractivity contribution in [1.29, 1.82) is 0 Å². The summed E-state index contributed by atoms with van der Waals surface area (Å²) in [5.41, 5.74) is 2.08. The van der Waals surface area contributed by atoms with E-state index >= 15 is 0 Å². The zero-order valence-electron chi connectivity index (χ0n) is 11.6. The second kappa shape index (κ2) is 6.02. The lowest BCUT2D eigenvalue weighted by Crippen LogP contribution is -2.35. The molecule has 0 saturated carbocycles. The maximum atomic E-state index is 10.7. The van der Waals surface area contributed by atoms with Crippen LogP contribution >= 0.6 is 0 Å². The number of benzene rings is 1. The molecule has 1 aliphatic heterocycles. The van der Waals surface area contributed by atoms with Crippen LogP contribution in [-0.2, 0) is 0 Å². The molecule has 1 aromatic rings. The van der Waals surface area contributed by atoms with Crippen LogP contribution in [0.3, 0.4) is 0 Å². The van der Waals surface area contributed by atoms with Crippen LogP contribution in [0.15, 0.2) is 18.2 Å². The lowest BCUT2D eigenvalue weighted by atomic mass is 9.98. The number of non-ortho nitro benzene ring substituents is 1. The van der Waals surface area contributed by atoms with Crippen molar-refractivity contribution >= 4 is 11.4 Å². The molecule has 1 saturated heterocycles. The second-order valence-electron chi connectivity index (χ2n) is 5.41. The Morgan fingerprint density at radius 3 is 2.95 bits per heavy atom. The summed E-state index contributed by atoms with van der Waals surface area (Å²) in [6.07, 6.45) is 2.51. The highest BCUT2D eigenvalue weighted by atomic mass is 16.6. The maximum absolute atomic E-state index is 10.7. The van der Waals surface area contributed by atoms with Gasteiger partial charge in [0, 0.05) is 30.9 Å². The van der Waals surface area contributed by atoms with Gasteiger partial charge < -0.3 is 10.2 Å². The molecule has 0 aromatic heterocycles. The predicted molar refractivity (Wildman–Crippen MR) is 76.5 cm³/mol. The van der Waals surface area contributed by atoms with Crippen molar-refractivity contribution in [1.82, 2.24) is 4.90 Å². The molecule has 0 amide bonds. The Balaban J connectivity index is 1.94. The molecule has 2 rings (SSSR count). The van der Waals surface area contributed by atoms with Gasteiger partial charge in [0.1, 0.15) is 0 Å². The standard InChI is InChI=1S/C14H21N3O2/c1-11-8-13(17(18)19)5-6-14(11)15-9-12-4-3-7-16(2)10-12/h5-6,8,12,15H,3-4,7,9-10H2,1-2H3. The van der Waals surface area contributed by atoms with Gasteiger partial charge in [0.25, 0.3) is 5.69 Å². The van der Waals surface area contributed by atoms with Gasteiger partial charge in [0.15, 0.2) is 0 Å². The third-order valence-corrected chi connectivity index (χ3v) is 3.72. The fourth-order valence-corrected chi connectivity index (χ4v) is 2.65. The molecule has 1 atom stereocenters. The average Bonchev–Trinajstić information content (AvgIpc) is 2.37. The molecular formula is C14H21N3O2. The summed E-state index contributed by atoms with van der Waals surface area (Å²) in [5, 5.41) is 14.1. The lowest BCUT2D eigenvalue weighted by Gasteiger charge is -2.30. The second-order valence-corrected chi connectivity index (χ2v) is 5.41. The van der Waals surface area contributed by atoms with Gasteiger partial charge >= 0.3 is 0 Å². The normalized spacial score (nSPS) is 20.2. The van der Waals surface area contributed by atoms with Gasteiger partial charge in [-0.25, -0.2) is 0 Å². The molecule has 1 unspecified atom stereocenters. The van der Waals surface area contributed by atoms with E-state index in [1.54, 1.807) is 18.2 Å². The topological polar surface area (TPSA) is 58.4 Å². The SMILES string of the molecule is Cc1cc([N+](=O)[O-])ccc1NCC1CCCN(C)C1. The van der Waals surface area contributed by atoms with Crippen molar-refractivity contribution < 1.29 is 4.92 Å². The van der Waals surface area contributed by atoms with Crippen LogP contribution < -0.4 is 5.32 Å². The zero-order chi connectivity index (χ0) is 13.8. The van der Waals surface area contributed by atoms with E-state index in [1.165, 1.54) is 19.4 Å². The number of anilines is 1. The van der Waals surface area contributed by atoms with Gasteiger partial charge in [-0.2, -0.15) is 0 Å². The third kappa shape index (κ3) is 3.67. The number of hydrogen-bond acceptors (Lipinski definition) is 4. The van der Waals surface area contributed by atoms with Crippen molar-refractivity contribution in [3.63, 3.8) is 0 Å². The van der Waals surface area contributed by atoms with Gasteiger partial charge in [-0.3, -0.25) is 10.1 Å². The highest BCUT2D eigenvalue weighted by Gasteiger charge is 2.17. The summed E-state index contributed by atoms with van der Waals surface area (Å²) in [7, 11) is 2.16. The highest BCUT2D eigenvalue weighted by molar-refractivity contribution is 5.55. The molecule has 0 aliphatic carbocycles. The van der Waals surface area contributed by atoms with Crippen molar-refractivity contribution in [2.75, 3.05) is 32.0 Å². The van der Waals surface area contributed by atoms with Crippen LogP contribution in [0.4, 0.5) is 11.4 Å². The first-order chi connectivity index (χ1) is 9.06. The number of likely N-dealkylation sites (tertiary alicyclic amines) is 1. The van der Waals surface area contributed by atoms with E-state index in [4.69, 9.17) is 0 Å². The molecular weight excluding hydrogens is 242 g/mol. The molecule has 0 bridgehead atoms. The summed E-state index contributed by atoms with van der Waals surface area (Å²) in [5.74, 6) is 0.661. The van der Waals surface area contributed by atoms with Crippen LogP contribution in [-0.4, -0.2) is 36.5 Å². The fourth-order valence-electron chi connectivity index (χ4n) is 2.65. The molecule has 0 radical (unpaired) electrons. The molecule has 1 aromatic carbocycles. The molecule has 1 N–H and O–H groups in total. The van der Waals surface area contributed by atoms with Crippen molar-refractivity contribution in [3.8, 4) is 0 Å². The summed E-state index contributed by atoms with van der Waals surface area (Å²) in [4.78, 5) is 12.7. The smallest absolute Gasteiger partial charge is 0.269 e. The number of nitrogens with zero attached hydrogens (tertiary/aromatic N) is 2. The Kier molecular flexibility index (Phi) is 4.37. The Labute approximate surface area is 113 Å². The van der Waals surface area contributed by atoms with E-state index in [0.29, 0.717) is 5.92 Å². The van der Waals surface area contributed by atoms with Crippen LogP contribution in [0.1, 0.15) is 18.4 Å². The molecule has 0 spiro atoms. The zero-order valence-corrected chi connectivity index (χ0v) is 11.6. The van der Waals surface area contributed by atoms with Gasteiger partial charge in [0.05, 0.1) is 4.92 Å². The summed E-state index contributed by atoms with van der Waals surface area (Å²) in [6.45, 7) is 5.15. The van der Waals surface area contributed by atoms with E-state index in [-0.39, 0.29) is 10.6 Å². The summed E-state index contributed by atoms with van der Waals surface area (Å²) in [6, 6.07) is 4.98. The van der Waals surface area contributed by atoms with Gasteiger partial charge in [-0.05, 0) is 50.9 Å². The fraction of sp³-hybridized carbons (Fsp3) is 0.571. The van der Waals surface area contributed by atoms with E-state index in [2.05, 4.69) is 17.3 Å². The van der Waals surface area contributed by atoms with E-state index in [1.807, 2.05) is 6.92 Å². The lowest BCUT2D eigenvalue weighted by molar-refractivity contribution is -0.384. The van der Waals surface area contributed by atoms with Gasteiger partial charge in [-0.1, -0.05) is 0 Å². The number of nitrogens with one attached hydrogen (secondary N) is 1. The molecule has 19 heavy (non-hydrogen) atoms. The first-order valence-corrected chi connectivity index (χ1v) is 6.73. The van der Waals surface area contributed by atoms with E-state index < -0.39 is 0 Å². The minimum absolute atomic E-state index is 0.153. The number of aryl methyl sites for hydroxylation is 1. The highest BCUT2D eigenvalue weighted by Crippen LogP contribution is 2.22. The summed E-state index contributed by atoms with van der Waals surface area (Å²) < 4.78 is 0. The number of rotatable bonds is 4.